The second-order valence-corrected chi connectivity index (χ2v) is 11.9. The van der Waals surface area contributed by atoms with Crippen LogP contribution < -0.4 is 16.4 Å². The number of carbonyl (C=O) groups is 3. The molecule has 2 heterocycles. The summed E-state index contributed by atoms with van der Waals surface area (Å²) < 4.78 is 17.5. The lowest BCUT2D eigenvalue weighted by molar-refractivity contribution is -0.162. The Morgan fingerprint density at radius 1 is 1.24 bits per heavy atom. The first-order valence-electron chi connectivity index (χ1n) is 14.7. The number of H-pyrrole nitrogens is 1. The maximum atomic E-state index is 12.8. The molecule has 1 aliphatic carbocycles. The van der Waals surface area contributed by atoms with Crippen molar-refractivity contribution in [2.45, 2.75) is 109 Å². The number of amidine groups is 1. The van der Waals surface area contributed by atoms with E-state index < -0.39 is 42.0 Å². The van der Waals surface area contributed by atoms with Crippen molar-refractivity contribution in [1.82, 2.24) is 15.6 Å². The molecule has 2 fully saturated rings. The number of hydrogen-bond donors (Lipinski definition) is 6. The molecule has 0 aromatic carbocycles. The molecular weight excluding hydrogens is 544 g/mol. The molecular formula is C29H46N6O7. The molecule has 0 unspecified atom stereocenters. The Balaban J connectivity index is 1.81. The van der Waals surface area contributed by atoms with Crippen molar-refractivity contribution in [3.05, 3.63) is 23.5 Å². The first-order chi connectivity index (χ1) is 19.8. The van der Waals surface area contributed by atoms with E-state index in [1.807, 2.05) is 0 Å². The third-order valence-corrected chi connectivity index (χ3v) is 7.79. The number of rotatable bonds is 11. The molecule has 1 saturated carbocycles. The van der Waals surface area contributed by atoms with Crippen LogP contribution in [0.4, 0.5) is 4.79 Å². The van der Waals surface area contributed by atoms with Crippen LogP contribution >= 0.6 is 0 Å². The number of ether oxygens (including phenoxy) is 3. The zero-order valence-electron chi connectivity index (χ0n) is 25.1. The summed E-state index contributed by atoms with van der Waals surface area (Å²) in [6.07, 6.45) is 2.95. The van der Waals surface area contributed by atoms with E-state index in [1.54, 1.807) is 46.8 Å². The molecule has 2 amide bonds. The number of nitrogens with zero attached hydrogens (tertiary/aromatic N) is 1. The van der Waals surface area contributed by atoms with Crippen LogP contribution in [0.3, 0.4) is 0 Å². The number of aromatic nitrogens is 1. The monoisotopic (exact) mass is 590 g/mol. The molecule has 1 aromatic heterocycles. The van der Waals surface area contributed by atoms with Crippen LogP contribution in [0.15, 0.2) is 17.1 Å². The smallest absolute Gasteiger partial charge is 0.323 e. The number of aliphatic hydroxyl groups excluding tert-OH is 1. The fraction of sp³-hybridized carbons (Fsp3) is 0.690. The lowest BCUT2D eigenvalue weighted by Gasteiger charge is -2.27. The van der Waals surface area contributed by atoms with Crippen LogP contribution in [0.1, 0.15) is 84.5 Å². The topological polar surface area (TPSA) is 201 Å². The van der Waals surface area contributed by atoms with Gasteiger partial charge in [0.25, 0.3) is 0 Å². The molecule has 0 spiro atoms. The lowest BCUT2D eigenvalue weighted by Crippen LogP contribution is -2.46. The molecule has 13 nitrogen and oxygen atoms in total. The van der Waals surface area contributed by atoms with E-state index in [4.69, 9.17) is 25.4 Å². The van der Waals surface area contributed by atoms with E-state index in [-0.39, 0.29) is 36.3 Å². The van der Waals surface area contributed by atoms with E-state index in [1.165, 1.54) is 6.42 Å². The van der Waals surface area contributed by atoms with Gasteiger partial charge in [0.2, 0.25) is 0 Å². The van der Waals surface area contributed by atoms with E-state index in [0.29, 0.717) is 17.8 Å². The van der Waals surface area contributed by atoms with Gasteiger partial charge in [-0.15, -0.1) is 0 Å². The second kappa shape index (κ2) is 14.7. The van der Waals surface area contributed by atoms with Gasteiger partial charge in [-0.05, 0) is 57.6 Å². The molecule has 0 bridgehead atoms. The summed E-state index contributed by atoms with van der Waals surface area (Å²) in [7, 11) is 0. The predicted octanol–water partition coefficient (Wildman–Crippen LogP) is 2.46. The molecule has 5 atom stereocenters. The van der Waals surface area contributed by atoms with Crippen LogP contribution in [0.2, 0.25) is 0 Å². The highest BCUT2D eigenvalue weighted by Crippen LogP contribution is 2.41. The van der Waals surface area contributed by atoms with Crippen LogP contribution in [0.25, 0.3) is 0 Å². The number of nitrogens with one attached hydrogen (secondary N) is 4. The van der Waals surface area contributed by atoms with Crippen LogP contribution in [0.5, 0.6) is 0 Å². The molecule has 0 radical (unpaired) electrons. The number of esters is 2. The van der Waals surface area contributed by atoms with Crippen molar-refractivity contribution in [1.29, 1.82) is 5.41 Å². The van der Waals surface area contributed by atoms with Crippen molar-refractivity contribution < 1.29 is 33.7 Å². The fourth-order valence-electron chi connectivity index (χ4n) is 5.27. The van der Waals surface area contributed by atoms with Gasteiger partial charge in [0, 0.05) is 12.5 Å². The summed E-state index contributed by atoms with van der Waals surface area (Å²) in [5.74, 6) is -0.904. The number of aromatic amines is 1. The Labute approximate surface area is 246 Å². The van der Waals surface area contributed by atoms with Gasteiger partial charge in [-0.25, -0.2) is 9.79 Å². The number of amides is 2. The Kier molecular flexibility index (Phi) is 11.7. The summed E-state index contributed by atoms with van der Waals surface area (Å²) >= 11 is 0. The summed E-state index contributed by atoms with van der Waals surface area (Å²) in [4.78, 5) is 44.8. The summed E-state index contributed by atoms with van der Waals surface area (Å²) in [6.45, 7) is 8.57. The summed E-state index contributed by atoms with van der Waals surface area (Å²) in [5, 5.41) is 24.2. The molecule has 234 valence electrons. The van der Waals surface area contributed by atoms with E-state index in [2.05, 4.69) is 20.6 Å². The number of nitrogens with two attached hydrogens (primary N) is 1. The quantitative estimate of drug-likeness (QED) is 0.128. The van der Waals surface area contributed by atoms with E-state index >= 15 is 0 Å². The van der Waals surface area contributed by atoms with Crippen molar-refractivity contribution in [2.24, 2.45) is 22.6 Å². The minimum Gasteiger partial charge on any atom is -0.463 e. The van der Waals surface area contributed by atoms with Crippen molar-refractivity contribution in [3.8, 4) is 0 Å². The van der Waals surface area contributed by atoms with E-state index in [0.717, 1.165) is 32.0 Å². The zero-order valence-corrected chi connectivity index (χ0v) is 25.1. The Hall–Kier alpha value is -3.29. The third-order valence-electron chi connectivity index (χ3n) is 7.79. The minimum absolute atomic E-state index is 0.0737. The van der Waals surface area contributed by atoms with Gasteiger partial charge in [0.05, 0.1) is 11.4 Å². The van der Waals surface area contributed by atoms with Crippen LogP contribution in [-0.4, -0.2) is 77.2 Å². The summed E-state index contributed by atoms with van der Waals surface area (Å²) in [5.41, 5.74) is 5.32. The van der Waals surface area contributed by atoms with Crippen molar-refractivity contribution in [2.75, 3.05) is 6.61 Å². The number of aliphatic imine (C=N–C) groups is 1. The largest absolute Gasteiger partial charge is 0.463 e. The van der Waals surface area contributed by atoms with Gasteiger partial charge in [-0.2, -0.15) is 0 Å². The highest BCUT2D eigenvalue weighted by Gasteiger charge is 2.56. The first-order valence-corrected chi connectivity index (χ1v) is 14.7. The third kappa shape index (κ3) is 8.39. The second-order valence-electron chi connectivity index (χ2n) is 11.9. The van der Waals surface area contributed by atoms with Gasteiger partial charge in [0.15, 0.2) is 11.9 Å². The molecule has 13 heteroatoms. The van der Waals surface area contributed by atoms with Gasteiger partial charge < -0.3 is 35.4 Å². The fourth-order valence-corrected chi connectivity index (χ4v) is 5.27. The molecule has 7 N–H and O–H groups in total. The predicted molar refractivity (Wildman–Crippen MR) is 156 cm³/mol. The van der Waals surface area contributed by atoms with Crippen molar-refractivity contribution in [3.63, 3.8) is 0 Å². The maximum absolute atomic E-state index is 12.8. The first kappa shape index (κ1) is 33.2. The standard InChI is InChI=1S/C29H46N6O7/c1-16(2)23(31)27(38)41-24-20(14-40-22(36)13-18-9-7-6-8-10-18)42-29(5,25(24)37)21-12-11-19(34-21)26(32-15-30)35-28(39)33-17(3)4/h11-12,15-18,20,23-25,34,37H,6-10,13-14,31H2,1-5H3,(H3,30,32,33,35,39)/t20-,23+,24-,25-,29+/m1/s1. The highest BCUT2D eigenvalue weighted by atomic mass is 16.6. The normalized spacial score (nSPS) is 25.7. The zero-order chi connectivity index (χ0) is 31.0. The Morgan fingerprint density at radius 3 is 2.55 bits per heavy atom. The average molecular weight is 591 g/mol. The average Bonchev–Trinajstić information content (AvgIpc) is 3.52. The molecule has 3 rings (SSSR count). The molecule has 1 saturated heterocycles. The van der Waals surface area contributed by atoms with Gasteiger partial charge >= 0.3 is 18.0 Å². The van der Waals surface area contributed by atoms with Crippen LogP contribution in [0, 0.1) is 17.2 Å². The van der Waals surface area contributed by atoms with Crippen molar-refractivity contribution >= 4 is 30.1 Å². The molecule has 2 aliphatic rings. The van der Waals surface area contributed by atoms with Gasteiger partial charge in [-0.3, -0.25) is 20.3 Å². The number of urea groups is 1. The summed E-state index contributed by atoms with van der Waals surface area (Å²) in [6, 6.07) is 1.70. The molecule has 1 aromatic rings. The number of aliphatic hydroxyl groups is 1. The maximum Gasteiger partial charge on any atom is 0.323 e. The SMILES string of the molecule is CC(C)NC(=O)N/C(=N/C=N)c1ccc([C@]2(C)O[C@H](COC(=O)CC3CCCCC3)[C@@H](OC(=O)[C@@H](N)C(C)C)[C@H]2O)[nH]1. The molecule has 42 heavy (non-hydrogen) atoms. The Bertz CT molecular complexity index is 1130. The minimum atomic E-state index is -1.43. The van der Waals surface area contributed by atoms with Gasteiger partial charge in [-0.1, -0.05) is 33.1 Å². The van der Waals surface area contributed by atoms with Crippen LogP contribution in [-0.2, 0) is 29.4 Å². The van der Waals surface area contributed by atoms with Gasteiger partial charge in [0.1, 0.15) is 36.8 Å². The number of carbonyl (C=O) groups excluding carboxylic acids is 3. The lowest BCUT2D eigenvalue weighted by atomic mass is 9.87. The Morgan fingerprint density at radius 2 is 1.93 bits per heavy atom. The number of hydrogen-bond acceptors (Lipinski definition) is 9. The van der Waals surface area contributed by atoms with E-state index in [9.17, 15) is 19.5 Å². The highest BCUT2D eigenvalue weighted by molar-refractivity contribution is 6.08. The molecule has 1 aliphatic heterocycles.